The molecule has 1 aliphatic heterocycles. The number of anilines is 1. The monoisotopic (exact) mass is 511 g/mol. The predicted octanol–water partition coefficient (Wildman–Crippen LogP) is 5.01. The van der Waals surface area contributed by atoms with Crippen LogP contribution in [0.15, 0.2) is 42.5 Å². The van der Waals surface area contributed by atoms with Crippen LogP contribution in [0, 0.1) is 17.2 Å². The minimum Gasteiger partial charge on any atom is -0.483 e. The number of aliphatic hydroxyl groups excluding tert-OH is 1. The van der Waals surface area contributed by atoms with Crippen molar-refractivity contribution in [1.82, 2.24) is 0 Å². The third-order valence-corrected chi connectivity index (χ3v) is 6.78. The fourth-order valence-corrected chi connectivity index (χ4v) is 4.74. The molecule has 6 nitrogen and oxygen atoms in total. The summed E-state index contributed by atoms with van der Waals surface area (Å²) >= 11 is 0. The van der Waals surface area contributed by atoms with Crippen LogP contribution in [-0.2, 0) is 26.9 Å². The number of amides is 1. The van der Waals surface area contributed by atoms with Crippen LogP contribution in [0.4, 0.5) is 23.2 Å². The normalized spacial score (nSPS) is 20.9. The summed E-state index contributed by atoms with van der Waals surface area (Å²) in [6.45, 7) is 0.960. The molecule has 2 fully saturated rings. The Morgan fingerprint density at radius 2 is 1.81 bits per heavy atom. The highest BCUT2D eigenvalue weighted by atomic mass is 19.4. The summed E-state index contributed by atoms with van der Waals surface area (Å²) in [5.41, 5.74) is 0.730. The van der Waals surface area contributed by atoms with Gasteiger partial charge in [0.1, 0.15) is 5.82 Å². The molecule has 1 saturated carbocycles. The van der Waals surface area contributed by atoms with Gasteiger partial charge in [0.2, 0.25) is 5.91 Å². The number of rotatable bonds is 6. The molecule has 2 aromatic rings. The molecule has 196 valence electrons. The van der Waals surface area contributed by atoms with Crippen molar-refractivity contribution in [3.63, 3.8) is 0 Å². The van der Waals surface area contributed by atoms with Gasteiger partial charge >= 0.3 is 6.18 Å². The number of benzene rings is 2. The van der Waals surface area contributed by atoms with Crippen molar-refractivity contribution < 1.29 is 42.1 Å². The molecule has 2 atom stereocenters. The molecule has 2 unspecified atom stereocenters. The van der Waals surface area contributed by atoms with Gasteiger partial charge in [-0.25, -0.2) is 4.39 Å². The number of aliphatic hydroxyl groups is 1. The zero-order chi connectivity index (χ0) is 26.3. The van der Waals surface area contributed by atoms with Crippen LogP contribution in [0.3, 0.4) is 0 Å². The van der Waals surface area contributed by atoms with E-state index >= 15 is 0 Å². The Labute approximate surface area is 206 Å². The number of carboxylic acid groups (broad SMARTS) is 1. The molecule has 4 rings (SSSR count). The summed E-state index contributed by atoms with van der Waals surface area (Å²) in [4.78, 5) is 21.1. The van der Waals surface area contributed by atoms with Crippen molar-refractivity contribution in [2.24, 2.45) is 11.3 Å². The van der Waals surface area contributed by atoms with Crippen LogP contribution >= 0.6 is 0 Å². The summed E-state index contributed by atoms with van der Waals surface area (Å²) in [6.07, 6.45) is -0.862. The first-order valence-electron chi connectivity index (χ1n) is 11.6. The largest absolute Gasteiger partial charge is 0.483 e. The summed E-state index contributed by atoms with van der Waals surface area (Å²) in [7, 11) is 0. The average molecular weight is 512 g/mol. The van der Waals surface area contributed by atoms with E-state index in [1.165, 1.54) is 0 Å². The van der Waals surface area contributed by atoms with E-state index in [-0.39, 0.29) is 41.9 Å². The number of alkyl halides is 3. The number of hydrogen-bond donors (Lipinski definition) is 3. The van der Waals surface area contributed by atoms with Crippen molar-refractivity contribution in [1.29, 1.82) is 0 Å². The standard InChI is InChI=1S/C25H27F4NO3.CH2O2/c26-21-11-20(25(27,28)29)8-9-22(21)30-23(32)19-3-1-2-18(10-19)17-6-4-16(5-7-17)12-24(13-31)14-33-15-24;2-1-3/h4-9,11,18-19,31H,1-3,10,12-15H2,(H,30,32);1H,(H,2,3). The van der Waals surface area contributed by atoms with Gasteiger partial charge in [-0.3, -0.25) is 9.59 Å². The first kappa shape index (κ1) is 27.6. The molecule has 0 radical (unpaired) electrons. The van der Waals surface area contributed by atoms with Gasteiger partial charge in [0.05, 0.1) is 31.1 Å². The van der Waals surface area contributed by atoms with Gasteiger partial charge in [-0.1, -0.05) is 30.7 Å². The highest BCUT2D eigenvalue weighted by Gasteiger charge is 2.38. The second-order valence-corrected chi connectivity index (χ2v) is 9.42. The lowest BCUT2D eigenvalue weighted by molar-refractivity contribution is -0.137. The lowest BCUT2D eigenvalue weighted by Gasteiger charge is -2.40. The van der Waals surface area contributed by atoms with E-state index in [4.69, 9.17) is 14.6 Å². The lowest BCUT2D eigenvalue weighted by Crippen LogP contribution is -2.47. The second kappa shape index (κ2) is 11.8. The molecule has 1 heterocycles. The Bertz CT molecular complexity index is 1030. The summed E-state index contributed by atoms with van der Waals surface area (Å²) in [5.74, 6) is -1.63. The maximum Gasteiger partial charge on any atom is 0.416 e. The van der Waals surface area contributed by atoms with E-state index in [1.807, 2.05) is 12.1 Å². The maximum atomic E-state index is 14.1. The van der Waals surface area contributed by atoms with Crippen LogP contribution in [0.2, 0.25) is 0 Å². The van der Waals surface area contributed by atoms with E-state index in [0.29, 0.717) is 32.1 Å². The molecule has 36 heavy (non-hydrogen) atoms. The van der Waals surface area contributed by atoms with Crippen LogP contribution in [-0.4, -0.2) is 42.4 Å². The van der Waals surface area contributed by atoms with Crippen molar-refractivity contribution in [3.8, 4) is 0 Å². The molecule has 1 amide bonds. The highest BCUT2D eigenvalue weighted by molar-refractivity contribution is 5.92. The average Bonchev–Trinajstić information content (AvgIpc) is 2.83. The minimum atomic E-state index is -4.64. The Morgan fingerprint density at radius 3 is 2.33 bits per heavy atom. The minimum absolute atomic E-state index is 0.0910. The van der Waals surface area contributed by atoms with Gasteiger partial charge in [0.15, 0.2) is 0 Å². The first-order chi connectivity index (χ1) is 17.1. The molecule has 1 saturated heterocycles. The van der Waals surface area contributed by atoms with Gasteiger partial charge in [-0.05, 0) is 60.9 Å². The van der Waals surface area contributed by atoms with E-state index in [2.05, 4.69) is 17.4 Å². The third kappa shape index (κ3) is 6.82. The fraction of sp³-hybridized carbons (Fsp3) is 0.462. The quantitative estimate of drug-likeness (QED) is 0.374. The highest BCUT2D eigenvalue weighted by Crippen LogP contribution is 2.38. The zero-order valence-corrected chi connectivity index (χ0v) is 19.6. The molecular formula is C26H29F4NO5. The number of carbonyl (C=O) groups is 2. The number of halogens is 4. The molecule has 3 N–H and O–H groups in total. The van der Waals surface area contributed by atoms with E-state index in [1.54, 1.807) is 0 Å². The number of ether oxygens (including phenoxy) is 1. The zero-order valence-electron chi connectivity index (χ0n) is 19.6. The maximum absolute atomic E-state index is 14.1. The number of nitrogens with one attached hydrogen (secondary N) is 1. The van der Waals surface area contributed by atoms with Crippen molar-refractivity contribution in [2.75, 3.05) is 25.1 Å². The van der Waals surface area contributed by atoms with Gasteiger partial charge in [-0.2, -0.15) is 13.2 Å². The molecule has 1 aliphatic carbocycles. The van der Waals surface area contributed by atoms with Gasteiger partial charge in [0, 0.05) is 11.3 Å². The van der Waals surface area contributed by atoms with Crippen LogP contribution in [0.1, 0.15) is 48.3 Å². The SMILES string of the molecule is O=C(Nc1ccc(C(F)(F)F)cc1F)C1CCCC(c2ccc(CC3(CO)COC3)cc2)C1.O=CO. The van der Waals surface area contributed by atoms with E-state index < -0.39 is 17.6 Å². The Kier molecular flexibility index (Phi) is 9.08. The summed E-state index contributed by atoms with van der Waals surface area (Å²) in [6, 6.07) is 10.3. The van der Waals surface area contributed by atoms with Gasteiger partial charge < -0.3 is 20.3 Å². The van der Waals surface area contributed by atoms with Crippen LogP contribution < -0.4 is 5.32 Å². The van der Waals surface area contributed by atoms with E-state index in [0.717, 1.165) is 42.5 Å². The predicted molar refractivity (Wildman–Crippen MR) is 124 cm³/mol. The molecule has 2 aliphatic rings. The van der Waals surface area contributed by atoms with E-state index in [9.17, 15) is 27.5 Å². The second-order valence-electron chi connectivity index (χ2n) is 9.42. The number of hydrogen-bond acceptors (Lipinski definition) is 4. The molecule has 2 aromatic carbocycles. The first-order valence-corrected chi connectivity index (χ1v) is 11.6. The van der Waals surface area contributed by atoms with Crippen LogP contribution in [0.5, 0.6) is 0 Å². The van der Waals surface area contributed by atoms with Crippen LogP contribution in [0.25, 0.3) is 0 Å². The Balaban J connectivity index is 0.00000115. The van der Waals surface area contributed by atoms with Crippen molar-refractivity contribution in [2.45, 2.75) is 44.2 Å². The summed E-state index contributed by atoms with van der Waals surface area (Å²) in [5, 5.41) is 19.0. The Hall–Kier alpha value is -2.98. The molecule has 0 aromatic heterocycles. The van der Waals surface area contributed by atoms with Crippen molar-refractivity contribution >= 4 is 18.1 Å². The van der Waals surface area contributed by atoms with Gasteiger partial charge in [-0.15, -0.1) is 0 Å². The smallest absolute Gasteiger partial charge is 0.416 e. The Morgan fingerprint density at radius 1 is 1.14 bits per heavy atom. The lowest BCUT2D eigenvalue weighted by atomic mass is 9.76. The van der Waals surface area contributed by atoms with Gasteiger partial charge in [0.25, 0.3) is 6.47 Å². The molecule has 0 spiro atoms. The summed E-state index contributed by atoms with van der Waals surface area (Å²) < 4.78 is 57.6. The fourth-order valence-electron chi connectivity index (χ4n) is 4.74. The molecular weight excluding hydrogens is 482 g/mol. The topological polar surface area (TPSA) is 95.9 Å². The number of carbonyl (C=O) groups excluding carboxylic acids is 1. The van der Waals surface area contributed by atoms with Crippen molar-refractivity contribution in [3.05, 3.63) is 65.0 Å². The molecule has 0 bridgehead atoms. The third-order valence-electron chi connectivity index (χ3n) is 6.78. The molecule has 10 heteroatoms.